The lowest BCUT2D eigenvalue weighted by Gasteiger charge is -2.06. The van der Waals surface area contributed by atoms with Gasteiger partial charge >= 0.3 is 5.97 Å². The average molecular weight is 296 g/mol. The fourth-order valence-corrected chi connectivity index (χ4v) is 2.32. The molecule has 1 rings (SSSR count). The Morgan fingerprint density at radius 3 is 2.80 bits per heavy atom. The number of nitrogens with one attached hydrogen (secondary N) is 1. The zero-order valence-corrected chi connectivity index (χ0v) is 12.6. The summed E-state index contributed by atoms with van der Waals surface area (Å²) in [6.07, 6.45) is 0.908. The van der Waals surface area contributed by atoms with Gasteiger partial charge in [-0.15, -0.1) is 11.8 Å². The molecule has 6 heteroatoms. The molecule has 0 atom stereocenters. The van der Waals surface area contributed by atoms with Crippen LogP contribution in [0.15, 0.2) is 23.1 Å². The summed E-state index contributed by atoms with van der Waals surface area (Å²) in [5.74, 6) is 0.0435. The largest absolute Gasteiger partial charge is 0.469 e. The van der Waals surface area contributed by atoms with Crippen LogP contribution in [0.3, 0.4) is 0 Å². The smallest absolute Gasteiger partial charge is 0.305 e. The fraction of sp³-hybridized carbons (Fsp3) is 0.429. The summed E-state index contributed by atoms with van der Waals surface area (Å²) in [5.41, 5.74) is 7.49. The lowest BCUT2D eigenvalue weighted by molar-refractivity contribution is -0.140. The molecule has 0 aliphatic heterocycles. The summed E-state index contributed by atoms with van der Waals surface area (Å²) >= 11 is 1.46. The first-order chi connectivity index (χ1) is 9.52. The number of anilines is 1. The molecule has 1 amide bonds. The number of carbonyl (C=O) groups is 2. The van der Waals surface area contributed by atoms with Crippen molar-refractivity contribution in [2.24, 2.45) is 0 Å². The van der Waals surface area contributed by atoms with Gasteiger partial charge in [-0.25, -0.2) is 0 Å². The predicted octanol–water partition coefficient (Wildman–Crippen LogP) is 1.74. The lowest BCUT2D eigenvalue weighted by Crippen LogP contribution is -2.26. The summed E-state index contributed by atoms with van der Waals surface area (Å²) in [6.45, 7) is 2.42. The SMILES string of the molecule is COC(=O)CCCNC(=O)CSc1ccc(N)c(C)c1. The molecule has 0 radical (unpaired) electrons. The summed E-state index contributed by atoms with van der Waals surface area (Å²) < 4.78 is 4.52. The van der Waals surface area contributed by atoms with E-state index in [1.807, 2.05) is 25.1 Å². The highest BCUT2D eigenvalue weighted by atomic mass is 32.2. The number of hydrogen-bond donors (Lipinski definition) is 2. The van der Waals surface area contributed by atoms with Crippen LogP contribution < -0.4 is 11.1 Å². The first-order valence-corrected chi connectivity index (χ1v) is 7.34. The maximum atomic E-state index is 11.6. The Labute approximate surface area is 123 Å². The van der Waals surface area contributed by atoms with Crippen LogP contribution in [0.4, 0.5) is 5.69 Å². The molecule has 0 bridgehead atoms. The Morgan fingerprint density at radius 1 is 1.40 bits per heavy atom. The molecule has 5 nitrogen and oxygen atoms in total. The van der Waals surface area contributed by atoms with Gasteiger partial charge in [0.05, 0.1) is 12.9 Å². The number of thioether (sulfide) groups is 1. The monoisotopic (exact) mass is 296 g/mol. The number of hydrogen-bond acceptors (Lipinski definition) is 5. The number of benzene rings is 1. The van der Waals surface area contributed by atoms with Crippen molar-refractivity contribution in [3.63, 3.8) is 0 Å². The van der Waals surface area contributed by atoms with Crippen LogP contribution in [0.1, 0.15) is 18.4 Å². The minimum atomic E-state index is -0.258. The number of nitrogen functional groups attached to an aromatic ring is 1. The number of aryl methyl sites for hydroxylation is 1. The molecule has 110 valence electrons. The van der Waals surface area contributed by atoms with Crippen molar-refractivity contribution < 1.29 is 14.3 Å². The molecule has 20 heavy (non-hydrogen) atoms. The summed E-state index contributed by atoms with van der Waals surface area (Å²) in [7, 11) is 1.35. The number of ether oxygens (including phenoxy) is 1. The van der Waals surface area contributed by atoms with E-state index >= 15 is 0 Å². The topological polar surface area (TPSA) is 81.4 Å². The van der Waals surface area contributed by atoms with Crippen LogP contribution in [0, 0.1) is 6.92 Å². The molecule has 3 N–H and O–H groups in total. The quantitative estimate of drug-likeness (QED) is 0.347. The van der Waals surface area contributed by atoms with E-state index in [9.17, 15) is 9.59 Å². The fourth-order valence-electron chi connectivity index (χ4n) is 1.50. The van der Waals surface area contributed by atoms with E-state index in [2.05, 4.69) is 10.1 Å². The van der Waals surface area contributed by atoms with E-state index in [-0.39, 0.29) is 11.9 Å². The van der Waals surface area contributed by atoms with Crippen molar-refractivity contribution in [2.75, 3.05) is 25.1 Å². The molecule has 1 aromatic rings. The van der Waals surface area contributed by atoms with Crippen molar-refractivity contribution in [3.8, 4) is 0 Å². The van der Waals surface area contributed by atoms with Crippen molar-refractivity contribution >= 4 is 29.3 Å². The minimum Gasteiger partial charge on any atom is -0.469 e. The Morgan fingerprint density at radius 2 is 2.15 bits per heavy atom. The van der Waals surface area contributed by atoms with Crippen molar-refractivity contribution in [2.45, 2.75) is 24.7 Å². The van der Waals surface area contributed by atoms with Gasteiger partial charge in [0.1, 0.15) is 0 Å². The average Bonchev–Trinajstić information content (AvgIpc) is 2.44. The van der Waals surface area contributed by atoms with Gasteiger partial charge < -0.3 is 15.8 Å². The van der Waals surface area contributed by atoms with Crippen LogP contribution in [0.5, 0.6) is 0 Å². The van der Waals surface area contributed by atoms with E-state index in [0.717, 1.165) is 16.1 Å². The van der Waals surface area contributed by atoms with Gasteiger partial charge in [-0.05, 0) is 37.1 Å². The van der Waals surface area contributed by atoms with Gasteiger partial charge in [-0.1, -0.05) is 0 Å². The molecule has 0 aliphatic rings. The molecule has 0 aromatic heterocycles. The van der Waals surface area contributed by atoms with Crippen molar-refractivity contribution in [1.29, 1.82) is 0 Å². The first-order valence-electron chi connectivity index (χ1n) is 6.35. The second-order valence-corrected chi connectivity index (χ2v) is 5.39. The summed E-state index contributed by atoms with van der Waals surface area (Å²) in [5, 5.41) is 2.77. The maximum Gasteiger partial charge on any atom is 0.305 e. The number of carbonyl (C=O) groups excluding carboxylic acids is 2. The van der Waals surface area contributed by atoms with Gasteiger partial charge in [0, 0.05) is 23.5 Å². The number of nitrogens with two attached hydrogens (primary N) is 1. The molecule has 0 spiro atoms. The van der Waals surface area contributed by atoms with Gasteiger partial charge in [0.15, 0.2) is 0 Å². The van der Waals surface area contributed by atoms with E-state index < -0.39 is 0 Å². The number of rotatable bonds is 7. The molecule has 0 saturated carbocycles. The Hall–Kier alpha value is -1.69. The third-order valence-electron chi connectivity index (χ3n) is 2.72. The standard InChI is InChI=1S/C14H20N2O3S/c1-10-8-11(5-6-12(10)15)20-9-13(17)16-7-3-4-14(18)19-2/h5-6,8H,3-4,7,9,15H2,1-2H3,(H,16,17). The molecule has 1 aromatic carbocycles. The van der Waals surface area contributed by atoms with Crippen LogP contribution >= 0.6 is 11.8 Å². The molecular formula is C14H20N2O3S. The predicted molar refractivity (Wildman–Crippen MR) is 80.6 cm³/mol. The van der Waals surface area contributed by atoms with Crippen molar-refractivity contribution in [3.05, 3.63) is 23.8 Å². The normalized spacial score (nSPS) is 10.1. The summed E-state index contributed by atoms with van der Waals surface area (Å²) in [6, 6.07) is 5.70. The van der Waals surface area contributed by atoms with Gasteiger partial charge in [-0.2, -0.15) is 0 Å². The van der Waals surface area contributed by atoms with Gasteiger partial charge in [-0.3, -0.25) is 9.59 Å². The zero-order chi connectivity index (χ0) is 15.0. The van der Waals surface area contributed by atoms with Crippen LogP contribution in [-0.2, 0) is 14.3 Å². The van der Waals surface area contributed by atoms with E-state index in [4.69, 9.17) is 5.73 Å². The van der Waals surface area contributed by atoms with Gasteiger partial charge in [0.2, 0.25) is 5.91 Å². The van der Waals surface area contributed by atoms with Crippen molar-refractivity contribution in [1.82, 2.24) is 5.32 Å². The molecule has 0 fully saturated rings. The van der Waals surface area contributed by atoms with Crippen LogP contribution in [0.2, 0.25) is 0 Å². The highest BCUT2D eigenvalue weighted by Gasteiger charge is 2.05. The third-order valence-corrected chi connectivity index (χ3v) is 3.71. The molecule has 0 heterocycles. The molecular weight excluding hydrogens is 276 g/mol. The number of esters is 1. The highest BCUT2D eigenvalue weighted by Crippen LogP contribution is 2.22. The van der Waals surface area contributed by atoms with Gasteiger partial charge in [0.25, 0.3) is 0 Å². The Kier molecular flexibility index (Phi) is 6.93. The van der Waals surface area contributed by atoms with Crippen LogP contribution in [0.25, 0.3) is 0 Å². The molecule has 0 unspecified atom stereocenters. The number of amides is 1. The Bertz CT molecular complexity index is 477. The second-order valence-electron chi connectivity index (χ2n) is 4.34. The van der Waals surface area contributed by atoms with E-state index in [0.29, 0.717) is 25.1 Å². The van der Waals surface area contributed by atoms with E-state index in [1.165, 1.54) is 18.9 Å². The molecule has 0 aliphatic carbocycles. The number of methoxy groups -OCH3 is 1. The summed E-state index contributed by atoms with van der Waals surface area (Å²) in [4.78, 5) is 23.5. The lowest BCUT2D eigenvalue weighted by atomic mass is 10.2. The molecule has 0 saturated heterocycles. The highest BCUT2D eigenvalue weighted by molar-refractivity contribution is 8.00. The zero-order valence-electron chi connectivity index (χ0n) is 11.8. The van der Waals surface area contributed by atoms with Crippen LogP contribution in [-0.4, -0.2) is 31.3 Å². The second kappa shape index (κ2) is 8.47. The maximum absolute atomic E-state index is 11.6. The minimum absolute atomic E-state index is 0.0469. The Balaban J connectivity index is 2.22. The first kappa shape index (κ1) is 16.4. The van der Waals surface area contributed by atoms with E-state index in [1.54, 1.807) is 0 Å². The third kappa shape index (κ3) is 5.97.